The molecule has 1 N–H and O–H groups in total. The van der Waals surface area contributed by atoms with E-state index in [4.69, 9.17) is 5.11 Å². The van der Waals surface area contributed by atoms with Crippen molar-refractivity contribution in [1.29, 1.82) is 0 Å². The van der Waals surface area contributed by atoms with Gasteiger partial charge in [0.05, 0.1) is 0 Å². The second-order valence-corrected chi connectivity index (χ2v) is 1.31. The summed E-state index contributed by atoms with van der Waals surface area (Å²) >= 11 is 0. The predicted octanol–water partition coefficient (Wildman–Crippen LogP) is 0.989. The molecule has 0 unspecified atom stereocenters. The molecule has 0 aromatic heterocycles. The molecule has 0 aromatic rings. The standard InChI is InChI=1S/C4H6F2O3/c5-1-3(2-6)9-4(7)8/h3H,1-2H2,(H,7,8). The Morgan fingerprint density at radius 3 is 2.11 bits per heavy atom. The molecule has 0 aliphatic rings. The molecule has 54 valence electrons. The molecule has 0 saturated heterocycles. The van der Waals surface area contributed by atoms with Crippen molar-refractivity contribution in [2.75, 3.05) is 13.3 Å². The Bertz CT molecular complexity index is 91.8. The van der Waals surface area contributed by atoms with Crippen LogP contribution in [0.3, 0.4) is 0 Å². The lowest BCUT2D eigenvalue weighted by Gasteiger charge is -2.05. The summed E-state index contributed by atoms with van der Waals surface area (Å²) in [6, 6.07) is 0. The van der Waals surface area contributed by atoms with E-state index in [1.807, 2.05) is 0 Å². The van der Waals surface area contributed by atoms with Crippen LogP contribution in [-0.4, -0.2) is 30.7 Å². The van der Waals surface area contributed by atoms with Crippen LogP contribution in [0.25, 0.3) is 0 Å². The maximum absolute atomic E-state index is 11.4. The largest absolute Gasteiger partial charge is 0.506 e. The summed E-state index contributed by atoms with van der Waals surface area (Å²) in [5, 5.41) is 7.79. The van der Waals surface area contributed by atoms with Gasteiger partial charge in [-0.25, -0.2) is 13.6 Å². The number of hydrogen-bond donors (Lipinski definition) is 1. The third-order valence-corrected chi connectivity index (χ3v) is 0.612. The minimum atomic E-state index is -1.66. The zero-order valence-electron chi connectivity index (χ0n) is 4.51. The van der Waals surface area contributed by atoms with Gasteiger partial charge in [0.2, 0.25) is 0 Å². The van der Waals surface area contributed by atoms with E-state index >= 15 is 0 Å². The molecule has 0 atom stereocenters. The number of carboxylic acid groups (broad SMARTS) is 1. The molecular weight excluding hydrogens is 134 g/mol. The zero-order chi connectivity index (χ0) is 7.28. The fourth-order valence-electron chi connectivity index (χ4n) is 0.247. The minimum Gasteiger partial charge on any atom is -0.450 e. The highest BCUT2D eigenvalue weighted by atomic mass is 19.1. The topological polar surface area (TPSA) is 46.5 Å². The summed E-state index contributed by atoms with van der Waals surface area (Å²) in [5.41, 5.74) is 0. The van der Waals surface area contributed by atoms with Crippen LogP contribution in [0.4, 0.5) is 13.6 Å². The average molecular weight is 140 g/mol. The predicted molar refractivity (Wildman–Crippen MR) is 24.8 cm³/mol. The average Bonchev–Trinajstić information content (AvgIpc) is 1.82. The second kappa shape index (κ2) is 4.05. The molecule has 0 aliphatic heterocycles. The van der Waals surface area contributed by atoms with Crippen molar-refractivity contribution < 1.29 is 23.4 Å². The van der Waals surface area contributed by atoms with E-state index < -0.39 is 25.6 Å². The number of ether oxygens (including phenoxy) is 1. The second-order valence-electron chi connectivity index (χ2n) is 1.31. The molecule has 0 amide bonds. The van der Waals surface area contributed by atoms with Crippen LogP contribution in [0.2, 0.25) is 0 Å². The van der Waals surface area contributed by atoms with E-state index in [9.17, 15) is 13.6 Å². The zero-order valence-corrected chi connectivity index (χ0v) is 4.51. The van der Waals surface area contributed by atoms with E-state index in [0.717, 1.165) is 0 Å². The third-order valence-electron chi connectivity index (χ3n) is 0.612. The van der Waals surface area contributed by atoms with Crippen LogP contribution in [0.1, 0.15) is 0 Å². The van der Waals surface area contributed by atoms with Crippen molar-refractivity contribution in [3.8, 4) is 0 Å². The van der Waals surface area contributed by atoms with Gasteiger partial charge in [0.25, 0.3) is 0 Å². The summed E-state index contributed by atoms with van der Waals surface area (Å²) < 4.78 is 26.5. The van der Waals surface area contributed by atoms with Crippen molar-refractivity contribution in [2.45, 2.75) is 6.10 Å². The van der Waals surface area contributed by atoms with Crippen LogP contribution in [0, 0.1) is 0 Å². The molecule has 3 nitrogen and oxygen atoms in total. The molecule has 5 heteroatoms. The maximum atomic E-state index is 11.4. The van der Waals surface area contributed by atoms with Gasteiger partial charge >= 0.3 is 6.16 Å². The lowest BCUT2D eigenvalue weighted by molar-refractivity contribution is 0.0294. The lowest BCUT2D eigenvalue weighted by Crippen LogP contribution is -2.20. The van der Waals surface area contributed by atoms with E-state index in [1.165, 1.54) is 0 Å². The van der Waals surface area contributed by atoms with Gasteiger partial charge in [-0.05, 0) is 0 Å². The number of carbonyl (C=O) groups is 1. The van der Waals surface area contributed by atoms with Crippen molar-refractivity contribution in [2.24, 2.45) is 0 Å². The molecule has 0 bridgehead atoms. The summed E-state index contributed by atoms with van der Waals surface area (Å²) in [5.74, 6) is 0. The first-order chi connectivity index (χ1) is 4.20. The molecule has 0 heterocycles. The number of rotatable bonds is 3. The fourth-order valence-corrected chi connectivity index (χ4v) is 0.247. The van der Waals surface area contributed by atoms with E-state index in [1.54, 1.807) is 0 Å². The Hall–Kier alpha value is -0.870. The molecule has 0 saturated carbocycles. The quantitative estimate of drug-likeness (QED) is 0.594. The highest BCUT2D eigenvalue weighted by Crippen LogP contribution is 1.93. The molecule has 0 aliphatic carbocycles. The Balaban J connectivity index is 3.43. The van der Waals surface area contributed by atoms with Gasteiger partial charge in [-0.3, -0.25) is 0 Å². The van der Waals surface area contributed by atoms with Crippen LogP contribution in [0.15, 0.2) is 0 Å². The Labute approximate surface area is 50.2 Å². The van der Waals surface area contributed by atoms with Crippen LogP contribution >= 0.6 is 0 Å². The fraction of sp³-hybridized carbons (Fsp3) is 0.750. The summed E-state index contributed by atoms with van der Waals surface area (Å²) in [4.78, 5) is 9.57. The van der Waals surface area contributed by atoms with Gasteiger partial charge in [-0.1, -0.05) is 0 Å². The van der Waals surface area contributed by atoms with Crippen LogP contribution in [-0.2, 0) is 4.74 Å². The van der Waals surface area contributed by atoms with E-state index in [0.29, 0.717) is 0 Å². The van der Waals surface area contributed by atoms with E-state index in [-0.39, 0.29) is 0 Å². The molecule has 0 rings (SSSR count). The normalized spacial score (nSPS) is 9.67. The molecule has 0 fully saturated rings. The minimum absolute atomic E-state index is 1.12. The summed E-state index contributed by atoms with van der Waals surface area (Å²) in [6.45, 7) is -2.24. The van der Waals surface area contributed by atoms with Gasteiger partial charge in [-0.2, -0.15) is 0 Å². The van der Waals surface area contributed by atoms with E-state index in [2.05, 4.69) is 4.74 Å². The maximum Gasteiger partial charge on any atom is 0.506 e. The van der Waals surface area contributed by atoms with Crippen LogP contribution < -0.4 is 0 Å². The van der Waals surface area contributed by atoms with Gasteiger partial charge in [0.1, 0.15) is 13.3 Å². The van der Waals surface area contributed by atoms with Crippen molar-refractivity contribution in [3.63, 3.8) is 0 Å². The summed E-state index contributed by atoms with van der Waals surface area (Å²) in [6.07, 6.45) is -3.11. The Morgan fingerprint density at radius 1 is 1.56 bits per heavy atom. The van der Waals surface area contributed by atoms with Crippen LogP contribution in [0.5, 0.6) is 0 Å². The van der Waals surface area contributed by atoms with Crippen molar-refractivity contribution in [1.82, 2.24) is 0 Å². The van der Waals surface area contributed by atoms with Gasteiger partial charge in [0, 0.05) is 0 Å². The first-order valence-electron chi connectivity index (χ1n) is 2.22. The Kier molecular flexibility index (Phi) is 3.66. The SMILES string of the molecule is O=C(O)OC(CF)CF. The molecule has 0 aromatic carbocycles. The van der Waals surface area contributed by atoms with Crippen molar-refractivity contribution in [3.05, 3.63) is 0 Å². The number of alkyl halides is 2. The first kappa shape index (κ1) is 8.13. The van der Waals surface area contributed by atoms with Gasteiger partial charge in [-0.15, -0.1) is 0 Å². The number of hydrogen-bond acceptors (Lipinski definition) is 2. The highest BCUT2D eigenvalue weighted by Gasteiger charge is 2.11. The molecule has 9 heavy (non-hydrogen) atoms. The number of halogens is 2. The molecular formula is C4H6F2O3. The molecule has 0 spiro atoms. The smallest absolute Gasteiger partial charge is 0.450 e. The van der Waals surface area contributed by atoms with Gasteiger partial charge in [0.15, 0.2) is 6.10 Å². The highest BCUT2D eigenvalue weighted by molar-refractivity contribution is 5.57. The van der Waals surface area contributed by atoms with Crippen molar-refractivity contribution >= 4 is 6.16 Å². The lowest BCUT2D eigenvalue weighted by atomic mass is 10.4. The van der Waals surface area contributed by atoms with Gasteiger partial charge < -0.3 is 9.84 Å². The monoisotopic (exact) mass is 140 g/mol. The first-order valence-corrected chi connectivity index (χ1v) is 2.22. The Morgan fingerprint density at radius 2 is 2.00 bits per heavy atom. The third kappa shape index (κ3) is 3.69. The summed E-state index contributed by atoms with van der Waals surface area (Å²) in [7, 11) is 0. The molecule has 0 radical (unpaired) electrons.